The third kappa shape index (κ3) is 1.57. The number of carboxylic acid groups (broad SMARTS) is 1. The number of methoxy groups -OCH3 is 1. The van der Waals surface area contributed by atoms with Crippen molar-refractivity contribution in [3.05, 3.63) is 23.8 Å². The van der Waals surface area contributed by atoms with Crippen LogP contribution < -0.4 is 4.74 Å². The maximum absolute atomic E-state index is 11.3. The zero-order valence-electron chi connectivity index (χ0n) is 9.32. The Balaban J connectivity index is 2.53. The molecule has 86 valence electrons. The van der Waals surface area contributed by atoms with E-state index in [1.807, 2.05) is 24.5 Å². The number of aliphatic carboxylic acids is 1. The summed E-state index contributed by atoms with van der Waals surface area (Å²) in [6, 6.07) is 5.71. The summed E-state index contributed by atoms with van der Waals surface area (Å²) in [7, 11) is 1.59. The van der Waals surface area contributed by atoms with Crippen LogP contribution in [-0.4, -0.2) is 24.4 Å². The van der Waals surface area contributed by atoms with Gasteiger partial charge in [-0.05, 0) is 25.2 Å². The monoisotopic (exact) mass is 238 g/mol. The van der Waals surface area contributed by atoms with E-state index < -0.39 is 11.4 Å². The van der Waals surface area contributed by atoms with Gasteiger partial charge < -0.3 is 9.84 Å². The summed E-state index contributed by atoms with van der Waals surface area (Å²) in [5, 5.41) is 9.28. The van der Waals surface area contributed by atoms with Crippen molar-refractivity contribution in [1.29, 1.82) is 0 Å². The quantitative estimate of drug-likeness (QED) is 0.819. The molecule has 1 aliphatic carbocycles. The highest BCUT2D eigenvalue weighted by Gasteiger charge is 2.53. The predicted molar refractivity (Wildman–Crippen MR) is 63.3 cm³/mol. The standard InChI is InChI=1S/C12H14O3S/c1-15-10-8(4-3-5-9(10)16-2)12(6-7-12)11(13)14/h3-5H,6-7H2,1-2H3,(H,13,14). The van der Waals surface area contributed by atoms with Gasteiger partial charge in [-0.15, -0.1) is 11.8 Å². The van der Waals surface area contributed by atoms with Gasteiger partial charge in [0.1, 0.15) is 5.75 Å². The second-order valence-corrected chi connectivity index (χ2v) is 4.78. The Morgan fingerprint density at radius 2 is 2.19 bits per heavy atom. The molecule has 1 saturated carbocycles. The number of para-hydroxylation sites is 1. The third-order valence-electron chi connectivity index (χ3n) is 3.08. The molecule has 0 aromatic heterocycles. The molecule has 1 N–H and O–H groups in total. The summed E-state index contributed by atoms with van der Waals surface area (Å²) in [4.78, 5) is 12.3. The van der Waals surface area contributed by atoms with Gasteiger partial charge in [-0.2, -0.15) is 0 Å². The molecule has 2 rings (SSSR count). The highest BCUT2D eigenvalue weighted by molar-refractivity contribution is 7.98. The predicted octanol–water partition coefficient (Wildman–Crippen LogP) is 2.53. The first-order valence-corrected chi connectivity index (χ1v) is 6.33. The molecule has 16 heavy (non-hydrogen) atoms. The first-order chi connectivity index (χ1) is 7.65. The summed E-state index contributed by atoms with van der Waals surface area (Å²) < 4.78 is 5.36. The van der Waals surface area contributed by atoms with Gasteiger partial charge in [0, 0.05) is 10.5 Å². The van der Waals surface area contributed by atoms with Gasteiger partial charge >= 0.3 is 5.97 Å². The smallest absolute Gasteiger partial charge is 0.314 e. The number of benzene rings is 1. The Morgan fingerprint density at radius 1 is 1.50 bits per heavy atom. The minimum atomic E-state index is -0.746. The van der Waals surface area contributed by atoms with E-state index >= 15 is 0 Å². The zero-order chi connectivity index (χ0) is 11.8. The first-order valence-electron chi connectivity index (χ1n) is 5.10. The molecule has 0 aliphatic heterocycles. The fraction of sp³-hybridized carbons (Fsp3) is 0.417. The molecule has 0 radical (unpaired) electrons. The first kappa shape index (κ1) is 11.3. The SMILES string of the molecule is COc1c(SC)cccc1C1(C(=O)O)CC1. The number of hydrogen-bond donors (Lipinski definition) is 1. The maximum atomic E-state index is 11.3. The van der Waals surface area contributed by atoms with Gasteiger partial charge in [0.25, 0.3) is 0 Å². The number of thioether (sulfide) groups is 1. The van der Waals surface area contributed by atoms with E-state index in [0.29, 0.717) is 12.8 Å². The van der Waals surface area contributed by atoms with Crippen molar-refractivity contribution in [2.75, 3.05) is 13.4 Å². The van der Waals surface area contributed by atoms with Crippen LogP contribution in [0.1, 0.15) is 18.4 Å². The number of hydrogen-bond acceptors (Lipinski definition) is 3. The fourth-order valence-electron chi connectivity index (χ4n) is 1.99. The number of rotatable bonds is 4. The summed E-state index contributed by atoms with van der Waals surface area (Å²) in [5.74, 6) is -0.0287. The number of ether oxygens (including phenoxy) is 1. The molecule has 0 unspecified atom stereocenters. The maximum Gasteiger partial charge on any atom is 0.314 e. The van der Waals surface area contributed by atoms with Crippen molar-refractivity contribution in [3.8, 4) is 5.75 Å². The van der Waals surface area contributed by atoms with Crippen LogP contribution in [0.5, 0.6) is 5.75 Å². The Morgan fingerprint density at radius 3 is 2.62 bits per heavy atom. The largest absolute Gasteiger partial charge is 0.495 e. The number of carbonyl (C=O) groups is 1. The lowest BCUT2D eigenvalue weighted by Gasteiger charge is -2.16. The second-order valence-electron chi connectivity index (χ2n) is 3.93. The summed E-state index contributed by atoms with van der Waals surface area (Å²) in [6.07, 6.45) is 3.37. The molecule has 1 aromatic rings. The topological polar surface area (TPSA) is 46.5 Å². The molecule has 0 heterocycles. The molecule has 1 aliphatic rings. The molecule has 1 aromatic carbocycles. The minimum Gasteiger partial charge on any atom is -0.495 e. The molecular weight excluding hydrogens is 224 g/mol. The fourth-order valence-corrected chi connectivity index (χ4v) is 2.58. The Labute approximate surface area is 98.8 Å². The van der Waals surface area contributed by atoms with E-state index in [1.54, 1.807) is 18.9 Å². The van der Waals surface area contributed by atoms with Gasteiger partial charge in [0.05, 0.1) is 12.5 Å². The van der Waals surface area contributed by atoms with Crippen molar-refractivity contribution >= 4 is 17.7 Å². The van der Waals surface area contributed by atoms with Gasteiger partial charge in [0.2, 0.25) is 0 Å². The molecule has 3 nitrogen and oxygen atoms in total. The molecule has 1 fully saturated rings. The van der Waals surface area contributed by atoms with Crippen LogP contribution in [-0.2, 0) is 10.2 Å². The van der Waals surface area contributed by atoms with Crippen molar-refractivity contribution < 1.29 is 14.6 Å². The van der Waals surface area contributed by atoms with Crippen LogP contribution >= 0.6 is 11.8 Å². The van der Waals surface area contributed by atoms with Gasteiger partial charge in [0.15, 0.2) is 0 Å². The lowest BCUT2D eigenvalue weighted by atomic mass is 9.95. The average molecular weight is 238 g/mol. The summed E-state index contributed by atoms with van der Waals surface area (Å²) in [6.45, 7) is 0. The highest BCUT2D eigenvalue weighted by atomic mass is 32.2. The van der Waals surface area contributed by atoms with Crippen LogP contribution in [0.25, 0.3) is 0 Å². The lowest BCUT2D eigenvalue weighted by Crippen LogP contribution is -2.20. The summed E-state index contributed by atoms with van der Waals surface area (Å²) in [5.41, 5.74) is 0.117. The van der Waals surface area contributed by atoms with Gasteiger partial charge in [-0.1, -0.05) is 12.1 Å². The molecule has 0 amide bonds. The third-order valence-corrected chi connectivity index (χ3v) is 3.84. The van der Waals surface area contributed by atoms with Crippen LogP contribution in [0.15, 0.2) is 23.1 Å². The van der Waals surface area contributed by atoms with E-state index in [4.69, 9.17) is 4.74 Å². The van der Waals surface area contributed by atoms with Crippen LogP contribution in [0.4, 0.5) is 0 Å². The van der Waals surface area contributed by atoms with E-state index in [-0.39, 0.29) is 0 Å². The van der Waals surface area contributed by atoms with Crippen LogP contribution in [0.3, 0.4) is 0 Å². The Kier molecular flexibility index (Phi) is 2.84. The molecule has 0 atom stereocenters. The highest BCUT2D eigenvalue weighted by Crippen LogP contribution is 2.53. The van der Waals surface area contributed by atoms with Crippen molar-refractivity contribution in [2.24, 2.45) is 0 Å². The Hall–Kier alpha value is -1.16. The van der Waals surface area contributed by atoms with Crippen LogP contribution in [0, 0.1) is 0 Å². The summed E-state index contributed by atoms with van der Waals surface area (Å²) >= 11 is 1.57. The van der Waals surface area contributed by atoms with E-state index in [9.17, 15) is 9.90 Å². The normalized spacial score (nSPS) is 16.9. The average Bonchev–Trinajstić information content (AvgIpc) is 3.09. The molecule has 0 saturated heterocycles. The van der Waals surface area contributed by atoms with Crippen molar-refractivity contribution in [3.63, 3.8) is 0 Å². The molecule has 0 spiro atoms. The Bertz CT molecular complexity index is 424. The molecular formula is C12H14O3S. The second kappa shape index (κ2) is 4.01. The van der Waals surface area contributed by atoms with E-state index in [1.165, 1.54) is 0 Å². The number of carboxylic acids is 1. The lowest BCUT2D eigenvalue weighted by molar-refractivity contribution is -0.140. The minimum absolute atomic E-state index is 0.697. The van der Waals surface area contributed by atoms with Crippen molar-refractivity contribution in [2.45, 2.75) is 23.2 Å². The molecule has 0 bridgehead atoms. The van der Waals surface area contributed by atoms with E-state index in [0.717, 1.165) is 16.2 Å². The van der Waals surface area contributed by atoms with Crippen LogP contribution in [0.2, 0.25) is 0 Å². The van der Waals surface area contributed by atoms with Gasteiger partial charge in [-0.3, -0.25) is 4.79 Å². The molecule has 4 heteroatoms. The van der Waals surface area contributed by atoms with Gasteiger partial charge in [-0.25, -0.2) is 0 Å². The van der Waals surface area contributed by atoms with Crippen molar-refractivity contribution in [1.82, 2.24) is 0 Å². The zero-order valence-corrected chi connectivity index (χ0v) is 10.1. The van der Waals surface area contributed by atoms with E-state index in [2.05, 4.69) is 0 Å².